The van der Waals surface area contributed by atoms with Crippen molar-refractivity contribution in [2.24, 2.45) is 5.92 Å². The summed E-state index contributed by atoms with van der Waals surface area (Å²) in [6.07, 6.45) is 2.41. The minimum Gasteiger partial charge on any atom is -0.326 e. The fraction of sp³-hybridized carbons (Fsp3) is 0.900. The van der Waals surface area contributed by atoms with Crippen molar-refractivity contribution in [1.29, 1.82) is 0 Å². The number of urea groups is 1. The molecule has 2 rings (SSSR count). The van der Waals surface area contributed by atoms with Gasteiger partial charge in [-0.15, -0.1) is 0 Å². The van der Waals surface area contributed by atoms with Gasteiger partial charge in [0.1, 0.15) is 0 Å². The third kappa shape index (κ3) is 1.59. The number of hydrogen-bond acceptors (Lipinski definition) is 2. The van der Waals surface area contributed by atoms with Gasteiger partial charge in [0.2, 0.25) is 0 Å². The Balaban J connectivity index is 2.00. The molecule has 2 aliphatic heterocycles. The van der Waals surface area contributed by atoms with Gasteiger partial charge in [0.05, 0.1) is 6.04 Å². The SMILES string of the molecule is CN1C[C@@H](C2CCNCC2)N(C)C1=O. The van der Waals surface area contributed by atoms with E-state index in [0.29, 0.717) is 12.0 Å². The molecule has 2 amide bonds. The van der Waals surface area contributed by atoms with Crippen LogP contribution in [0.4, 0.5) is 4.79 Å². The number of piperidine rings is 1. The van der Waals surface area contributed by atoms with Gasteiger partial charge in [0.15, 0.2) is 0 Å². The quantitative estimate of drug-likeness (QED) is 0.658. The number of carbonyl (C=O) groups excluding carboxylic acids is 1. The van der Waals surface area contributed by atoms with Crippen LogP contribution in [0, 0.1) is 5.92 Å². The van der Waals surface area contributed by atoms with Gasteiger partial charge in [-0.05, 0) is 31.8 Å². The standard InChI is InChI=1S/C10H19N3O/c1-12-7-9(13(2)10(12)14)8-3-5-11-6-4-8/h8-9,11H,3-7H2,1-2H3/t9-/m0/s1. The van der Waals surface area contributed by atoms with E-state index in [1.165, 1.54) is 12.8 Å². The smallest absolute Gasteiger partial charge is 0.319 e. The molecule has 0 aromatic rings. The average molecular weight is 197 g/mol. The summed E-state index contributed by atoms with van der Waals surface area (Å²) in [7, 11) is 3.82. The van der Waals surface area contributed by atoms with Crippen LogP contribution >= 0.6 is 0 Å². The van der Waals surface area contributed by atoms with Gasteiger partial charge < -0.3 is 15.1 Å². The van der Waals surface area contributed by atoms with Crippen molar-refractivity contribution in [1.82, 2.24) is 15.1 Å². The van der Waals surface area contributed by atoms with Gasteiger partial charge in [-0.1, -0.05) is 0 Å². The Morgan fingerprint density at radius 1 is 1.29 bits per heavy atom. The Hall–Kier alpha value is -0.770. The highest BCUT2D eigenvalue weighted by Crippen LogP contribution is 2.25. The summed E-state index contributed by atoms with van der Waals surface area (Å²) in [5.74, 6) is 0.690. The molecule has 4 heteroatoms. The molecule has 1 atom stereocenters. The first-order valence-electron chi connectivity index (χ1n) is 5.39. The molecule has 0 aliphatic carbocycles. The molecule has 0 aromatic heterocycles. The zero-order valence-electron chi connectivity index (χ0n) is 8.99. The van der Waals surface area contributed by atoms with Crippen molar-refractivity contribution in [2.45, 2.75) is 18.9 Å². The Morgan fingerprint density at radius 3 is 2.43 bits per heavy atom. The lowest BCUT2D eigenvalue weighted by Crippen LogP contribution is -2.41. The molecule has 0 aromatic carbocycles. The highest BCUT2D eigenvalue weighted by Gasteiger charge is 2.37. The summed E-state index contributed by atoms with van der Waals surface area (Å²) in [6, 6.07) is 0.614. The maximum absolute atomic E-state index is 11.6. The first kappa shape index (κ1) is 9.77. The van der Waals surface area contributed by atoms with E-state index >= 15 is 0 Å². The third-order valence-electron chi connectivity index (χ3n) is 3.51. The number of carbonyl (C=O) groups is 1. The van der Waals surface area contributed by atoms with Crippen molar-refractivity contribution >= 4 is 6.03 Å². The highest BCUT2D eigenvalue weighted by atomic mass is 16.2. The maximum Gasteiger partial charge on any atom is 0.319 e. The first-order chi connectivity index (χ1) is 6.70. The summed E-state index contributed by atoms with van der Waals surface area (Å²) in [6.45, 7) is 3.11. The van der Waals surface area contributed by atoms with Crippen LogP contribution in [-0.4, -0.2) is 55.6 Å². The molecule has 0 radical (unpaired) electrons. The first-order valence-corrected chi connectivity index (χ1v) is 5.39. The lowest BCUT2D eigenvalue weighted by molar-refractivity contribution is 0.184. The predicted molar refractivity (Wildman–Crippen MR) is 55.2 cm³/mol. The maximum atomic E-state index is 11.6. The molecule has 80 valence electrons. The summed E-state index contributed by atoms with van der Waals surface area (Å²) in [5, 5.41) is 3.36. The van der Waals surface area contributed by atoms with E-state index in [9.17, 15) is 4.79 Å². The van der Waals surface area contributed by atoms with E-state index in [4.69, 9.17) is 0 Å². The minimum atomic E-state index is 0.175. The second-order valence-corrected chi connectivity index (χ2v) is 4.43. The molecule has 2 aliphatic rings. The summed E-state index contributed by atoms with van der Waals surface area (Å²) in [4.78, 5) is 15.3. The lowest BCUT2D eigenvalue weighted by atomic mass is 9.90. The Bertz CT molecular complexity index is 225. The molecule has 14 heavy (non-hydrogen) atoms. The van der Waals surface area contributed by atoms with Gasteiger partial charge in [-0.2, -0.15) is 0 Å². The van der Waals surface area contributed by atoms with Gasteiger partial charge in [-0.3, -0.25) is 0 Å². The van der Waals surface area contributed by atoms with E-state index in [2.05, 4.69) is 5.32 Å². The predicted octanol–water partition coefficient (Wildman–Crippen LogP) is 0.352. The Kier molecular flexibility index (Phi) is 2.63. The van der Waals surface area contributed by atoms with Crippen LogP contribution in [0.3, 0.4) is 0 Å². The fourth-order valence-corrected chi connectivity index (χ4v) is 2.59. The summed E-state index contributed by atoms with van der Waals surface area (Å²) < 4.78 is 0. The van der Waals surface area contributed by atoms with E-state index in [-0.39, 0.29) is 6.03 Å². The van der Waals surface area contributed by atoms with E-state index in [1.54, 1.807) is 0 Å². The topological polar surface area (TPSA) is 35.6 Å². The molecular formula is C10H19N3O. The molecule has 1 N–H and O–H groups in total. The van der Waals surface area contributed by atoms with Crippen molar-refractivity contribution < 1.29 is 4.79 Å². The molecule has 4 nitrogen and oxygen atoms in total. The normalized spacial score (nSPS) is 30.1. The van der Waals surface area contributed by atoms with Crippen molar-refractivity contribution in [3.63, 3.8) is 0 Å². The van der Waals surface area contributed by atoms with Crippen molar-refractivity contribution in [3.05, 3.63) is 0 Å². The van der Waals surface area contributed by atoms with Crippen LogP contribution in [0.15, 0.2) is 0 Å². The molecule has 2 saturated heterocycles. The van der Waals surface area contributed by atoms with Gasteiger partial charge in [0, 0.05) is 20.6 Å². The number of nitrogens with one attached hydrogen (secondary N) is 1. The van der Waals surface area contributed by atoms with Crippen molar-refractivity contribution in [3.8, 4) is 0 Å². The number of hydrogen-bond donors (Lipinski definition) is 1. The molecule has 2 fully saturated rings. The fourth-order valence-electron chi connectivity index (χ4n) is 2.59. The zero-order valence-corrected chi connectivity index (χ0v) is 8.99. The number of amides is 2. The monoisotopic (exact) mass is 197 g/mol. The Labute approximate surface area is 85.2 Å². The van der Waals surface area contributed by atoms with Gasteiger partial charge in [0.25, 0.3) is 0 Å². The molecule has 0 spiro atoms. The number of nitrogens with zero attached hydrogens (tertiary/aromatic N) is 2. The van der Waals surface area contributed by atoms with Crippen LogP contribution in [0.2, 0.25) is 0 Å². The lowest BCUT2D eigenvalue weighted by Gasteiger charge is -2.31. The van der Waals surface area contributed by atoms with E-state index in [1.807, 2.05) is 23.9 Å². The third-order valence-corrected chi connectivity index (χ3v) is 3.51. The molecular weight excluding hydrogens is 178 g/mol. The van der Waals surface area contributed by atoms with Crippen LogP contribution in [0.1, 0.15) is 12.8 Å². The second kappa shape index (κ2) is 3.77. The number of likely N-dealkylation sites (N-methyl/N-ethyl adjacent to an activating group) is 2. The summed E-state index contributed by atoms with van der Waals surface area (Å²) >= 11 is 0. The minimum absolute atomic E-state index is 0.175. The highest BCUT2D eigenvalue weighted by molar-refractivity contribution is 5.76. The van der Waals surface area contributed by atoms with Crippen molar-refractivity contribution in [2.75, 3.05) is 33.7 Å². The van der Waals surface area contributed by atoms with Crippen LogP contribution < -0.4 is 5.32 Å². The molecule has 0 bridgehead atoms. The summed E-state index contributed by atoms with van der Waals surface area (Å²) in [5.41, 5.74) is 0. The number of rotatable bonds is 1. The molecule has 2 heterocycles. The van der Waals surface area contributed by atoms with Crippen LogP contribution in [0.25, 0.3) is 0 Å². The largest absolute Gasteiger partial charge is 0.326 e. The molecule has 0 unspecified atom stereocenters. The molecule has 0 saturated carbocycles. The average Bonchev–Trinajstić information content (AvgIpc) is 2.47. The van der Waals surface area contributed by atoms with E-state index < -0.39 is 0 Å². The van der Waals surface area contributed by atoms with Gasteiger partial charge >= 0.3 is 6.03 Å². The van der Waals surface area contributed by atoms with E-state index in [0.717, 1.165) is 19.6 Å². The second-order valence-electron chi connectivity index (χ2n) is 4.43. The van der Waals surface area contributed by atoms with Crippen LogP contribution in [0.5, 0.6) is 0 Å². The van der Waals surface area contributed by atoms with Gasteiger partial charge in [-0.25, -0.2) is 4.79 Å². The van der Waals surface area contributed by atoms with Crippen LogP contribution in [-0.2, 0) is 0 Å². The Morgan fingerprint density at radius 2 is 1.93 bits per heavy atom. The zero-order chi connectivity index (χ0) is 10.1.